The second-order valence-electron chi connectivity index (χ2n) is 5.40. The first-order chi connectivity index (χ1) is 10.6. The Balaban J connectivity index is 3.11. The van der Waals surface area contributed by atoms with Crippen molar-refractivity contribution in [3.63, 3.8) is 0 Å². The van der Waals surface area contributed by atoms with E-state index in [1.807, 2.05) is 19.9 Å². The average Bonchev–Trinajstić information content (AvgIpc) is 2.44. The fraction of sp³-hybridized carbons (Fsp3) is 0.600. The van der Waals surface area contributed by atoms with Gasteiger partial charge in [-0.1, -0.05) is 26.0 Å². The third-order valence-electron chi connectivity index (χ3n) is 2.87. The molecule has 1 aromatic rings. The van der Waals surface area contributed by atoms with Crippen molar-refractivity contribution in [2.45, 2.75) is 50.0 Å². The zero-order chi connectivity index (χ0) is 17.7. The van der Waals surface area contributed by atoms with Crippen LogP contribution in [0.25, 0.3) is 0 Å². The van der Waals surface area contributed by atoms with Crippen molar-refractivity contribution in [3.05, 3.63) is 23.8 Å². The number of benzene rings is 1. The summed E-state index contributed by atoms with van der Waals surface area (Å²) in [6.45, 7) is 8.72. The van der Waals surface area contributed by atoms with Gasteiger partial charge in [0.25, 0.3) is 10.1 Å². The number of hydrogen-bond acceptors (Lipinski definition) is 6. The molecule has 1 atom stereocenters. The Morgan fingerprint density at radius 3 is 2.43 bits per heavy atom. The fourth-order valence-corrected chi connectivity index (χ4v) is 6.56. The Labute approximate surface area is 143 Å². The zero-order valence-electron chi connectivity index (χ0n) is 14.2. The molecule has 0 aliphatic heterocycles. The molecule has 0 saturated carbocycles. The van der Waals surface area contributed by atoms with E-state index in [0.29, 0.717) is 16.9 Å². The Kier molecular flexibility index (Phi) is 7.81. The highest BCUT2D eigenvalue weighted by molar-refractivity contribution is 8.00. The van der Waals surface area contributed by atoms with Crippen LogP contribution < -0.4 is 0 Å². The van der Waals surface area contributed by atoms with E-state index in [1.54, 1.807) is 26.0 Å². The second kappa shape index (κ2) is 8.67. The Morgan fingerprint density at radius 2 is 1.91 bits per heavy atom. The highest BCUT2D eigenvalue weighted by atomic mass is 32.2. The van der Waals surface area contributed by atoms with Crippen LogP contribution in [0, 0.1) is 0 Å². The van der Waals surface area contributed by atoms with Crippen LogP contribution in [0.3, 0.4) is 0 Å². The number of hydrogen-bond donors (Lipinski definition) is 0. The Bertz CT molecular complexity index is 670. The molecule has 1 aromatic carbocycles. The summed E-state index contributed by atoms with van der Waals surface area (Å²) in [5.74, 6) is 0.748. The lowest BCUT2D eigenvalue weighted by Gasteiger charge is -2.18. The molecule has 0 N–H and O–H groups in total. The van der Waals surface area contributed by atoms with Gasteiger partial charge in [0.2, 0.25) is 7.37 Å². The van der Waals surface area contributed by atoms with Gasteiger partial charge in [-0.25, -0.2) is 0 Å². The maximum absolute atomic E-state index is 12.6. The van der Waals surface area contributed by atoms with Gasteiger partial charge in [-0.2, -0.15) is 8.42 Å². The van der Waals surface area contributed by atoms with E-state index in [4.69, 9.17) is 8.71 Å². The fourth-order valence-electron chi connectivity index (χ4n) is 2.09. The van der Waals surface area contributed by atoms with Crippen LogP contribution in [0.15, 0.2) is 28.0 Å². The van der Waals surface area contributed by atoms with Crippen molar-refractivity contribution in [2.75, 3.05) is 18.8 Å². The topological polar surface area (TPSA) is 69.7 Å². The monoisotopic (exact) mass is 380 g/mol. The summed E-state index contributed by atoms with van der Waals surface area (Å²) in [6, 6.07) is 5.37. The summed E-state index contributed by atoms with van der Waals surface area (Å²) in [6.07, 6.45) is -0.143. The summed E-state index contributed by atoms with van der Waals surface area (Å²) < 4.78 is 47.9. The minimum absolute atomic E-state index is 0.180. The quantitative estimate of drug-likeness (QED) is 0.360. The first kappa shape index (κ1) is 20.7. The van der Waals surface area contributed by atoms with Gasteiger partial charge in [0, 0.05) is 11.6 Å². The molecule has 132 valence electrons. The van der Waals surface area contributed by atoms with E-state index in [2.05, 4.69) is 0 Å². The van der Waals surface area contributed by atoms with Gasteiger partial charge in [-0.15, -0.1) is 11.8 Å². The summed E-state index contributed by atoms with van der Waals surface area (Å²) in [4.78, 5) is 0.835. The molecule has 0 spiro atoms. The third kappa shape index (κ3) is 6.24. The predicted octanol–water partition coefficient (Wildman–Crippen LogP) is 4.36. The summed E-state index contributed by atoms with van der Waals surface area (Å²) >= 11 is 1.44. The van der Waals surface area contributed by atoms with Crippen molar-refractivity contribution in [3.8, 4) is 0 Å². The molecule has 5 nitrogen and oxygen atoms in total. The SMILES string of the molecule is CCSc1cccc(CC)c1S(=O)(=O)OCP(C)(=O)OC(C)C. The lowest BCUT2D eigenvalue weighted by molar-refractivity contribution is 0.230. The molecule has 0 aliphatic carbocycles. The van der Waals surface area contributed by atoms with E-state index in [1.165, 1.54) is 18.4 Å². The van der Waals surface area contributed by atoms with Gasteiger partial charge in [0.1, 0.15) is 11.2 Å². The van der Waals surface area contributed by atoms with E-state index >= 15 is 0 Å². The Morgan fingerprint density at radius 1 is 1.26 bits per heavy atom. The second-order valence-corrected chi connectivity index (χ2v) is 10.8. The van der Waals surface area contributed by atoms with Crippen LogP contribution in [0.2, 0.25) is 0 Å². The van der Waals surface area contributed by atoms with Crippen molar-refractivity contribution in [1.82, 2.24) is 0 Å². The number of aryl methyl sites for hydroxylation is 1. The summed E-state index contributed by atoms with van der Waals surface area (Å²) in [5, 5.41) is 0. The predicted molar refractivity (Wildman–Crippen MR) is 95.1 cm³/mol. The molecule has 0 bridgehead atoms. The van der Waals surface area contributed by atoms with E-state index in [9.17, 15) is 13.0 Å². The largest absolute Gasteiger partial charge is 0.324 e. The minimum Gasteiger partial charge on any atom is -0.324 e. The molecule has 0 saturated heterocycles. The highest BCUT2D eigenvalue weighted by Gasteiger charge is 2.27. The summed E-state index contributed by atoms with van der Waals surface area (Å²) in [7, 11) is -7.13. The van der Waals surface area contributed by atoms with Crippen LogP contribution in [-0.2, 0) is 29.8 Å². The molecule has 0 aliphatic rings. The Hall–Kier alpha value is -0.330. The molecule has 0 fully saturated rings. The van der Waals surface area contributed by atoms with Crippen LogP contribution in [0.5, 0.6) is 0 Å². The van der Waals surface area contributed by atoms with Crippen LogP contribution >= 0.6 is 19.1 Å². The molecule has 0 heterocycles. The van der Waals surface area contributed by atoms with Gasteiger partial charge in [0.15, 0.2) is 0 Å². The van der Waals surface area contributed by atoms with Crippen LogP contribution in [0.1, 0.15) is 33.3 Å². The molecular formula is C15H25O5PS2. The maximum atomic E-state index is 12.6. The van der Waals surface area contributed by atoms with E-state index in [-0.39, 0.29) is 11.0 Å². The third-order valence-corrected chi connectivity index (χ3v) is 6.99. The van der Waals surface area contributed by atoms with Gasteiger partial charge in [-0.05, 0) is 37.7 Å². The molecule has 0 amide bonds. The standard InChI is InChI=1S/C15H25O5PS2/c1-6-13-9-8-10-14(22-7-2)15(13)23(17,18)19-11-21(5,16)20-12(3)4/h8-10,12H,6-7,11H2,1-5H3. The van der Waals surface area contributed by atoms with Gasteiger partial charge in [0.05, 0.1) is 6.10 Å². The smallest absolute Gasteiger partial charge is 0.298 e. The van der Waals surface area contributed by atoms with Gasteiger partial charge in [-0.3, -0.25) is 8.75 Å². The highest BCUT2D eigenvalue weighted by Crippen LogP contribution is 2.45. The van der Waals surface area contributed by atoms with Crippen LogP contribution in [-0.4, -0.2) is 33.3 Å². The maximum Gasteiger partial charge on any atom is 0.298 e. The molecular weight excluding hydrogens is 355 g/mol. The normalized spacial score (nSPS) is 14.9. The molecule has 0 radical (unpaired) electrons. The summed E-state index contributed by atoms with van der Waals surface area (Å²) in [5.41, 5.74) is 0.694. The van der Waals surface area contributed by atoms with Crippen molar-refractivity contribution < 1.29 is 21.7 Å². The van der Waals surface area contributed by atoms with E-state index < -0.39 is 23.8 Å². The molecule has 1 unspecified atom stereocenters. The van der Waals surface area contributed by atoms with Crippen LogP contribution in [0.4, 0.5) is 0 Å². The zero-order valence-corrected chi connectivity index (χ0v) is 16.8. The first-order valence-electron chi connectivity index (χ1n) is 7.52. The van der Waals surface area contributed by atoms with Gasteiger partial charge < -0.3 is 4.52 Å². The van der Waals surface area contributed by atoms with Crippen molar-refractivity contribution in [1.29, 1.82) is 0 Å². The molecule has 8 heteroatoms. The molecule has 1 rings (SSSR count). The lowest BCUT2D eigenvalue weighted by atomic mass is 10.2. The van der Waals surface area contributed by atoms with Crippen molar-refractivity contribution >= 4 is 29.2 Å². The lowest BCUT2D eigenvalue weighted by Crippen LogP contribution is -2.13. The average molecular weight is 380 g/mol. The van der Waals surface area contributed by atoms with Crippen molar-refractivity contribution in [2.24, 2.45) is 0 Å². The molecule has 23 heavy (non-hydrogen) atoms. The number of rotatable bonds is 9. The molecule has 0 aromatic heterocycles. The first-order valence-corrected chi connectivity index (χ1v) is 12.2. The number of thioether (sulfide) groups is 1. The van der Waals surface area contributed by atoms with Gasteiger partial charge >= 0.3 is 0 Å². The van der Waals surface area contributed by atoms with E-state index in [0.717, 1.165) is 5.75 Å². The minimum atomic E-state index is -4.00.